The Kier molecular flexibility index (Phi) is 5.32. The number of amides is 1. The summed E-state index contributed by atoms with van der Waals surface area (Å²) in [5.74, 6) is 0.336. The first-order valence-electron chi connectivity index (χ1n) is 8.17. The molecule has 2 aromatic rings. The van der Waals surface area contributed by atoms with Crippen molar-refractivity contribution in [3.63, 3.8) is 0 Å². The average molecular weight is 381 g/mol. The van der Waals surface area contributed by atoms with Gasteiger partial charge in [-0.2, -0.15) is 0 Å². The van der Waals surface area contributed by atoms with E-state index in [1.807, 2.05) is 12.1 Å². The highest BCUT2D eigenvalue weighted by Gasteiger charge is 2.38. The van der Waals surface area contributed by atoms with Gasteiger partial charge in [0.2, 0.25) is 0 Å². The molecule has 0 radical (unpaired) electrons. The monoisotopic (exact) mass is 380 g/mol. The maximum atomic E-state index is 14.5. The highest BCUT2D eigenvalue weighted by atomic mass is 35.5. The number of nitrogens with zero attached hydrogens (tertiary/aromatic N) is 1. The van der Waals surface area contributed by atoms with Crippen LogP contribution in [0.25, 0.3) is 11.1 Å². The van der Waals surface area contributed by atoms with E-state index in [4.69, 9.17) is 11.6 Å². The number of halogens is 3. The minimum absolute atomic E-state index is 0. The molecule has 2 aliphatic rings. The van der Waals surface area contributed by atoms with E-state index in [9.17, 15) is 9.18 Å². The molecule has 4 rings (SSSR count). The first-order valence-corrected chi connectivity index (χ1v) is 8.55. The Balaban J connectivity index is 0.00000182. The summed E-state index contributed by atoms with van der Waals surface area (Å²) in [4.78, 5) is 14.4. The minimum Gasteiger partial charge on any atom is -0.338 e. The Bertz CT molecular complexity index is 769. The summed E-state index contributed by atoms with van der Waals surface area (Å²) in [6.07, 6.45) is 0. The van der Waals surface area contributed by atoms with Crippen LogP contribution in [0.3, 0.4) is 0 Å². The molecule has 0 aliphatic carbocycles. The number of nitrogens with one attached hydrogen (secondary N) is 1. The molecule has 2 atom stereocenters. The van der Waals surface area contributed by atoms with Gasteiger partial charge in [0, 0.05) is 31.2 Å². The van der Waals surface area contributed by atoms with Crippen molar-refractivity contribution in [1.29, 1.82) is 0 Å². The third-order valence-corrected chi connectivity index (χ3v) is 5.31. The summed E-state index contributed by atoms with van der Waals surface area (Å²) >= 11 is 5.88. The third-order valence-electron chi connectivity index (χ3n) is 5.05. The van der Waals surface area contributed by atoms with E-state index in [2.05, 4.69) is 5.32 Å². The molecule has 0 aromatic heterocycles. The van der Waals surface area contributed by atoms with Gasteiger partial charge in [-0.3, -0.25) is 4.79 Å². The zero-order chi connectivity index (χ0) is 16.7. The summed E-state index contributed by atoms with van der Waals surface area (Å²) in [6, 6.07) is 12.0. The number of fused-ring (bicyclic) bond motifs is 1. The van der Waals surface area contributed by atoms with Crippen molar-refractivity contribution in [2.75, 3.05) is 26.2 Å². The molecule has 2 heterocycles. The van der Waals surface area contributed by atoms with Gasteiger partial charge in [-0.25, -0.2) is 4.39 Å². The molecule has 1 N–H and O–H groups in total. The van der Waals surface area contributed by atoms with Crippen molar-refractivity contribution < 1.29 is 9.18 Å². The topological polar surface area (TPSA) is 32.3 Å². The molecule has 0 spiro atoms. The normalized spacial score (nSPS) is 21.8. The maximum absolute atomic E-state index is 14.5. The van der Waals surface area contributed by atoms with Crippen molar-refractivity contribution in [2.45, 2.75) is 0 Å². The largest absolute Gasteiger partial charge is 0.338 e. The predicted molar refractivity (Wildman–Crippen MR) is 99.8 cm³/mol. The molecule has 2 aliphatic heterocycles. The smallest absolute Gasteiger partial charge is 0.256 e. The Morgan fingerprint density at radius 3 is 2.24 bits per heavy atom. The van der Waals surface area contributed by atoms with Gasteiger partial charge in [-0.05, 0) is 47.2 Å². The maximum Gasteiger partial charge on any atom is 0.256 e. The SMILES string of the molecule is Cl.O=C(c1ccc(-c2ccc(Cl)cc2)cc1F)N1C[C@H]2CNC[C@H]2C1. The van der Waals surface area contributed by atoms with Gasteiger partial charge in [-0.15, -0.1) is 12.4 Å². The van der Waals surface area contributed by atoms with Crippen LogP contribution >= 0.6 is 24.0 Å². The van der Waals surface area contributed by atoms with Crippen molar-refractivity contribution >= 4 is 29.9 Å². The van der Waals surface area contributed by atoms with Crippen molar-refractivity contribution in [1.82, 2.24) is 10.2 Å². The zero-order valence-electron chi connectivity index (χ0n) is 13.5. The van der Waals surface area contributed by atoms with E-state index in [0.29, 0.717) is 16.9 Å². The van der Waals surface area contributed by atoms with Gasteiger partial charge < -0.3 is 10.2 Å². The average Bonchev–Trinajstić information content (AvgIpc) is 3.16. The van der Waals surface area contributed by atoms with Crippen LogP contribution in [0, 0.1) is 17.7 Å². The number of carbonyl (C=O) groups excluding carboxylic acids is 1. The minimum atomic E-state index is -0.470. The summed E-state index contributed by atoms with van der Waals surface area (Å²) in [6.45, 7) is 3.34. The molecule has 2 aromatic carbocycles. The second-order valence-corrected chi connectivity index (χ2v) is 7.03. The van der Waals surface area contributed by atoms with E-state index in [0.717, 1.165) is 37.3 Å². The van der Waals surface area contributed by atoms with Crippen LogP contribution in [0.4, 0.5) is 4.39 Å². The van der Waals surface area contributed by atoms with Crippen molar-refractivity contribution in [3.8, 4) is 11.1 Å². The summed E-state index contributed by atoms with van der Waals surface area (Å²) in [7, 11) is 0. The molecule has 132 valence electrons. The number of carbonyl (C=O) groups is 1. The summed E-state index contributed by atoms with van der Waals surface area (Å²) in [5.41, 5.74) is 1.77. The second kappa shape index (κ2) is 7.32. The van der Waals surface area contributed by atoms with Gasteiger partial charge in [0.15, 0.2) is 0 Å². The molecule has 0 saturated carbocycles. The van der Waals surface area contributed by atoms with Crippen LogP contribution < -0.4 is 5.32 Å². The number of benzene rings is 2. The van der Waals surface area contributed by atoms with Gasteiger partial charge in [-0.1, -0.05) is 29.8 Å². The molecule has 1 amide bonds. The lowest BCUT2D eigenvalue weighted by Crippen LogP contribution is -2.32. The number of hydrogen-bond acceptors (Lipinski definition) is 2. The fourth-order valence-electron chi connectivity index (χ4n) is 3.70. The van der Waals surface area contributed by atoms with Gasteiger partial charge >= 0.3 is 0 Å². The predicted octanol–water partition coefficient (Wildman–Crippen LogP) is 3.86. The highest BCUT2D eigenvalue weighted by molar-refractivity contribution is 6.30. The van der Waals surface area contributed by atoms with Gasteiger partial charge in [0.25, 0.3) is 5.91 Å². The lowest BCUT2D eigenvalue weighted by Gasteiger charge is -2.18. The lowest BCUT2D eigenvalue weighted by molar-refractivity contribution is 0.0777. The standard InChI is InChI=1S/C19H18ClFN2O.ClH/c20-16-4-1-12(2-5-16)13-3-6-17(18(21)7-13)19(24)23-10-14-8-22-9-15(14)11-23;/h1-7,14-15,22H,8-11H2;1H/t14-,15+;. The molecular formula is C19H19Cl2FN2O. The molecule has 3 nitrogen and oxygen atoms in total. The fourth-order valence-corrected chi connectivity index (χ4v) is 3.83. The first-order chi connectivity index (χ1) is 11.6. The zero-order valence-corrected chi connectivity index (χ0v) is 15.1. The molecule has 2 fully saturated rings. The van der Waals surface area contributed by atoms with Crippen molar-refractivity contribution in [3.05, 3.63) is 58.9 Å². The number of likely N-dealkylation sites (tertiary alicyclic amines) is 1. The van der Waals surface area contributed by atoms with Gasteiger partial charge in [0.1, 0.15) is 5.82 Å². The molecule has 0 unspecified atom stereocenters. The molecule has 6 heteroatoms. The highest BCUT2D eigenvalue weighted by Crippen LogP contribution is 2.29. The van der Waals surface area contributed by atoms with E-state index < -0.39 is 5.82 Å². The molecule has 0 bridgehead atoms. The van der Waals surface area contributed by atoms with E-state index >= 15 is 0 Å². The quantitative estimate of drug-likeness (QED) is 0.857. The fraction of sp³-hybridized carbons (Fsp3) is 0.316. The lowest BCUT2D eigenvalue weighted by atomic mass is 10.0. The number of rotatable bonds is 2. The Hall–Kier alpha value is -1.62. The summed E-state index contributed by atoms with van der Waals surface area (Å²) in [5, 5.41) is 3.98. The van der Waals surface area contributed by atoms with Gasteiger partial charge in [0.05, 0.1) is 5.56 Å². The number of hydrogen-bond donors (Lipinski definition) is 1. The van der Waals surface area contributed by atoms with E-state index in [-0.39, 0.29) is 23.9 Å². The molecule has 2 saturated heterocycles. The van der Waals surface area contributed by atoms with Crippen LogP contribution in [0.15, 0.2) is 42.5 Å². The Morgan fingerprint density at radius 2 is 1.64 bits per heavy atom. The van der Waals surface area contributed by atoms with Crippen LogP contribution in [0.2, 0.25) is 5.02 Å². The molecular weight excluding hydrogens is 362 g/mol. The summed E-state index contributed by atoms with van der Waals surface area (Å²) < 4.78 is 14.5. The van der Waals surface area contributed by atoms with Crippen molar-refractivity contribution in [2.24, 2.45) is 11.8 Å². The first kappa shape index (κ1) is 18.2. The van der Waals surface area contributed by atoms with E-state index in [1.165, 1.54) is 6.07 Å². The van der Waals surface area contributed by atoms with E-state index in [1.54, 1.807) is 29.2 Å². The Morgan fingerprint density at radius 1 is 1.04 bits per heavy atom. The second-order valence-electron chi connectivity index (χ2n) is 6.59. The van der Waals surface area contributed by atoms with Crippen LogP contribution in [0.5, 0.6) is 0 Å². The van der Waals surface area contributed by atoms with Crippen LogP contribution in [-0.4, -0.2) is 37.0 Å². The Labute approximate surface area is 157 Å². The third kappa shape index (κ3) is 3.52. The van der Waals surface area contributed by atoms with Crippen LogP contribution in [0.1, 0.15) is 10.4 Å². The molecule has 25 heavy (non-hydrogen) atoms. The van der Waals surface area contributed by atoms with Crippen LogP contribution in [-0.2, 0) is 0 Å².